The minimum absolute atomic E-state index is 0. The Morgan fingerprint density at radius 3 is 0.265 bits per heavy atom. The van der Waals surface area contributed by atoms with Crippen LogP contribution < -0.4 is 73.4 Å². The number of hydrogen-bond acceptors (Lipinski definition) is 20. The summed E-state index contributed by atoms with van der Waals surface area (Å²) in [6.45, 7) is 0. The van der Waals surface area contributed by atoms with E-state index in [1.807, 2.05) is 0 Å². The van der Waals surface area contributed by atoms with Crippen molar-refractivity contribution >= 4 is 39.1 Å². The summed E-state index contributed by atoms with van der Waals surface area (Å²) in [4.78, 5) is 128. The van der Waals surface area contributed by atoms with Crippen molar-refractivity contribution in [2.24, 2.45) is 0 Å². The first-order chi connectivity index (χ1) is 10.0. The zero-order chi connectivity index (χ0) is 22.5. The molecular weight excluding hydrogens is 1190 g/mol. The molecule has 0 spiro atoms. The molecule has 0 rings (SSSR count). The van der Waals surface area contributed by atoms with E-state index >= 15 is 0 Å². The maximum absolute atomic E-state index is 8.55. The van der Waals surface area contributed by atoms with Gasteiger partial charge in [0.1, 0.15) is 0 Å². The van der Waals surface area contributed by atoms with Crippen molar-refractivity contribution in [3.8, 4) is 0 Å². The van der Waals surface area contributed by atoms with Gasteiger partial charge in [0.25, 0.3) is 0 Å². The molecule has 3 radical (unpaired) electrons. The van der Waals surface area contributed by atoms with Gasteiger partial charge in [-0.2, -0.15) is 39.1 Å². The summed E-state index contributed by atoms with van der Waals surface area (Å²) in [5.41, 5.74) is 0. The predicted molar refractivity (Wildman–Crippen MR) is 38.0 cm³/mol. The van der Waals surface area contributed by atoms with Crippen molar-refractivity contribution in [3.63, 3.8) is 0 Å². The Labute approximate surface area is 316 Å². The molecule has 0 saturated heterocycles. The van der Waals surface area contributed by atoms with Gasteiger partial charge in [0.2, 0.25) is 0 Å². The largest absolute Gasteiger partial charge is 5.00 e. The first-order valence-electron chi connectivity index (χ1n) is 3.65. The molecule has 0 N–H and O–H groups in total. The van der Waals surface area contributed by atoms with E-state index in [0.29, 0.717) is 0 Å². The summed E-state index contributed by atoms with van der Waals surface area (Å²) in [5, 5.41) is 0. The normalized spacial score (nSPS) is 8.68. The van der Waals surface area contributed by atoms with Gasteiger partial charge in [-0.05, 0) is 0 Å². The molecule has 0 heterocycles. The first-order valence-corrected chi connectivity index (χ1v) is 11.0. The Hall–Kier alpha value is 6.59. The van der Waals surface area contributed by atoms with E-state index in [-0.39, 0.29) is 186 Å². The molecule has 34 heavy (non-hydrogen) atoms. The molecule has 193 valence electrons. The van der Waals surface area contributed by atoms with Gasteiger partial charge in [0.15, 0.2) is 0 Å². The summed E-state index contributed by atoms with van der Waals surface area (Å²) in [6.07, 6.45) is 0. The summed E-state index contributed by atoms with van der Waals surface area (Å²) >= 11 is 0. The van der Waals surface area contributed by atoms with Crippen LogP contribution in [-0.4, -0.2) is 0 Å². The minimum atomic E-state index is -5.39. The van der Waals surface area contributed by atoms with Crippen molar-refractivity contribution in [2.75, 3.05) is 0 Å². The van der Waals surface area contributed by atoms with E-state index in [2.05, 4.69) is 0 Å². The van der Waals surface area contributed by atoms with Crippen LogP contribution in [0, 0.1) is 0 Å². The Morgan fingerprint density at radius 1 is 0.265 bits per heavy atom. The Morgan fingerprint density at radius 2 is 0.265 bits per heavy atom. The van der Waals surface area contributed by atoms with Crippen LogP contribution in [0.1, 0.15) is 0 Å². The molecule has 0 aromatic carbocycles. The van der Waals surface area contributed by atoms with Gasteiger partial charge in [-0.1, -0.05) is 0 Å². The predicted octanol–water partition coefficient (Wildman–Crippen LogP) is -14.1. The number of rotatable bonds is 0. The summed E-state index contributed by atoms with van der Waals surface area (Å²) in [6, 6.07) is 0. The zero-order valence-electron chi connectivity index (χ0n) is 14.3. The monoisotopic (exact) mass is 1200 g/mol. The Kier molecular flexibility index (Phi) is 117. The average molecular weight is 1190 g/mol. The van der Waals surface area contributed by atoms with E-state index in [0.717, 1.165) is 0 Å². The molecule has 0 aromatic heterocycles. The second-order valence-electron chi connectivity index (χ2n) is 2.24. The molecule has 0 unspecified atom stereocenters. The van der Waals surface area contributed by atoms with Gasteiger partial charge in [0, 0.05) is 119 Å². The third kappa shape index (κ3) is 1260. The van der Waals surface area contributed by atoms with Crippen molar-refractivity contribution in [1.82, 2.24) is 0 Å². The molecule has 0 saturated carbocycles. The smallest absolute Gasteiger partial charge is 0.822 e. The van der Waals surface area contributed by atoms with Crippen LogP contribution in [0.4, 0.5) is 0 Å². The average Bonchev–Trinajstić information content (AvgIpc) is 1.79. The van der Waals surface area contributed by atoms with Crippen LogP contribution in [0.5, 0.6) is 0 Å². The van der Waals surface area contributed by atoms with Gasteiger partial charge in [-0.15, -0.1) is 0 Å². The minimum Gasteiger partial charge on any atom is -0.822 e. The van der Waals surface area contributed by atoms with Crippen molar-refractivity contribution < 1.29 is 282 Å². The fraction of sp³-hybridized carbons (Fsp3) is 0. The third-order valence-electron chi connectivity index (χ3n) is 0. The molecule has 0 amide bonds. The van der Waals surface area contributed by atoms with Crippen LogP contribution in [0.2, 0.25) is 0 Å². The Balaban J connectivity index is -0.0000000115. The second kappa shape index (κ2) is 44.0. The quantitative estimate of drug-likeness (QED) is 0.160. The molecule has 20 nitrogen and oxygen atoms in total. The molecule has 0 aromatic rings. The third-order valence-corrected chi connectivity index (χ3v) is 0. The van der Waals surface area contributed by atoms with Crippen molar-refractivity contribution in [2.45, 2.75) is 0 Å². The van der Waals surface area contributed by atoms with Crippen LogP contribution >= 0.6 is 39.1 Å². The second-order valence-corrected chi connectivity index (χ2v) is 6.71. The SMILES string of the molecule is O=P([O-])([O-])[O-].O=P([O-])([O-])[O-].O=P([O-])([O-])[O-].O=P([O-])([O-])[O-].O=P([O-])([O-])[O-].[Mo].[Mo].[Mo].[Nb+5].[Nb+5].[Nb+5].[V].[V].[V]. The van der Waals surface area contributed by atoms with Gasteiger partial charge in [-0.25, -0.2) is 0 Å². The Bertz CT molecular complexity index is 408. The van der Waals surface area contributed by atoms with Gasteiger partial charge >= 0.3 is 67.1 Å². The van der Waals surface area contributed by atoms with Crippen LogP contribution in [0.25, 0.3) is 0 Å². The molecule has 0 bridgehead atoms. The van der Waals surface area contributed by atoms with E-state index in [9.17, 15) is 0 Å². The van der Waals surface area contributed by atoms with Crippen molar-refractivity contribution in [1.29, 1.82) is 0 Å². The van der Waals surface area contributed by atoms with Crippen molar-refractivity contribution in [3.05, 3.63) is 0 Å². The molecule has 0 aliphatic rings. The van der Waals surface area contributed by atoms with Crippen LogP contribution in [0.3, 0.4) is 0 Å². The van der Waals surface area contributed by atoms with Gasteiger partial charge < -0.3 is 96.2 Å². The van der Waals surface area contributed by atoms with E-state index in [4.69, 9.17) is 96.2 Å². The summed E-state index contributed by atoms with van der Waals surface area (Å²) in [7, 11) is -26.9. The van der Waals surface area contributed by atoms with E-state index in [1.165, 1.54) is 0 Å². The maximum atomic E-state index is 8.55. The van der Waals surface area contributed by atoms with E-state index < -0.39 is 39.1 Å². The standard InChI is InChI=1S/3Mo.3Nb.5H3O4P.3V/c;;;;;;5*1-5(2,3)4;;;/h;;;;;;5*(H3,1,2,3,4);;;/q;;;3*+5;;;;;;;;/p-15. The molecule has 34 heteroatoms. The zero-order valence-corrected chi connectivity index (χ0v) is 35.6. The van der Waals surface area contributed by atoms with Crippen LogP contribution in [0.15, 0.2) is 0 Å². The fourth-order valence-corrected chi connectivity index (χ4v) is 0. The molecule has 0 atom stereocenters. The summed E-state index contributed by atoms with van der Waals surface area (Å²) < 4.78 is 42.7. The molecular formula is Mo3Nb3O20P5V3. The first kappa shape index (κ1) is 90.0. The number of hydrogen-bond donors (Lipinski definition) is 0. The van der Waals surface area contributed by atoms with Gasteiger partial charge in [-0.3, -0.25) is 0 Å². The number of phosphoric acid groups is 5. The summed E-state index contributed by atoms with van der Waals surface area (Å²) in [5.74, 6) is 0. The van der Waals surface area contributed by atoms with Gasteiger partial charge in [0.05, 0.1) is 0 Å². The molecule has 0 aliphatic carbocycles. The maximum Gasteiger partial charge on any atom is 5.00 e. The molecule has 0 aliphatic heterocycles. The fourth-order valence-electron chi connectivity index (χ4n) is 0. The van der Waals surface area contributed by atoms with E-state index in [1.54, 1.807) is 0 Å². The topological polar surface area (TPSA) is 431 Å². The molecule has 0 fully saturated rings. The van der Waals surface area contributed by atoms with Crippen LogP contribution in [-0.2, 0) is 209 Å².